The Morgan fingerprint density at radius 3 is 2.24 bits per heavy atom. The first-order valence-corrected chi connectivity index (χ1v) is 9.30. The molecule has 0 radical (unpaired) electrons. The van der Waals surface area contributed by atoms with Gasteiger partial charge in [0.05, 0.1) is 12.7 Å². The molecule has 0 spiro atoms. The minimum Gasteiger partial charge on any atom is -0.497 e. The third-order valence-corrected chi connectivity index (χ3v) is 4.87. The van der Waals surface area contributed by atoms with Crippen LogP contribution in [0.5, 0.6) is 5.75 Å². The van der Waals surface area contributed by atoms with Crippen molar-refractivity contribution in [3.05, 3.63) is 99.9 Å². The highest BCUT2D eigenvalue weighted by Gasteiger charge is 2.16. The number of anilines is 1. The molecular formula is C23H17ClN2O3. The van der Waals surface area contributed by atoms with E-state index in [2.05, 4.69) is 5.32 Å². The van der Waals surface area contributed by atoms with Gasteiger partial charge in [-0.3, -0.25) is 14.2 Å². The number of nitrogens with zero attached hydrogens (tertiary/aromatic N) is 1. The van der Waals surface area contributed by atoms with E-state index in [0.29, 0.717) is 38.5 Å². The van der Waals surface area contributed by atoms with E-state index in [4.69, 9.17) is 16.3 Å². The highest BCUT2D eigenvalue weighted by molar-refractivity contribution is 6.30. The zero-order valence-corrected chi connectivity index (χ0v) is 16.3. The molecule has 0 fully saturated rings. The van der Waals surface area contributed by atoms with Gasteiger partial charge in [0.1, 0.15) is 5.75 Å². The average Bonchev–Trinajstić information content (AvgIpc) is 2.76. The molecule has 1 aromatic heterocycles. The number of amides is 1. The summed E-state index contributed by atoms with van der Waals surface area (Å²) in [4.78, 5) is 26.1. The second-order valence-electron chi connectivity index (χ2n) is 6.42. The summed E-state index contributed by atoms with van der Waals surface area (Å²) < 4.78 is 6.65. The van der Waals surface area contributed by atoms with E-state index in [0.717, 1.165) is 0 Å². The first kappa shape index (κ1) is 18.8. The van der Waals surface area contributed by atoms with Crippen LogP contribution in [0.15, 0.2) is 83.8 Å². The van der Waals surface area contributed by atoms with E-state index >= 15 is 0 Å². The maximum atomic E-state index is 13.0. The molecule has 4 rings (SSSR count). The second-order valence-corrected chi connectivity index (χ2v) is 6.86. The number of methoxy groups -OCH3 is 1. The molecule has 0 saturated carbocycles. The fraction of sp³-hybridized carbons (Fsp3) is 0.0435. The quantitative estimate of drug-likeness (QED) is 0.526. The van der Waals surface area contributed by atoms with E-state index in [-0.39, 0.29) is 11.5 Å². The fourth-order valence-corrected chi connectivity index (χ4v) is 3.26. The predicted molar refractivity (Wildman–Crippen MR) is 116 cm³/mol. The van der Waals surface area contributed by atoms with E-state index in [1.807, 2.05) is 0 Å². The summed E-state index contributed by atoms with van der Waals surface area (Å²) in [5.74, 6) is 0.370. The van der Waals surface area contributed by atoms with Gasteiger partial charge in [-0.1, -0.05) is 29.8 Å². The van der Waals surface area contributed by atoms with Crippen molar-refractivity contribution < 1.29 is 9.53 Å². The maximum Gasteiger partial charge on any atom is 0.262 e. The summed E-state index contributed by atoms with van der Waals surface area (Å²) in [6.07, 6.45) is 1.57. The Kier molecular flexibility index (Phi) is 5.06. The third kappa shape index (κ3) is 3.73. The van der Waals surface area contributed by atoms with Crippen LogP contribution in [0.3, 0.4) is 0 Å². The van der Waals surface area contributed by atoms with Gasteiger partial charge in [0.25, 0.3) is 11.5 Å². The molecule has 0 aliphatic rings. The first-order chi connectivity index (χ1) is 14.1. The van der Waals surface area contributed by atoms with Crippen LogP contribution >= 0.6 is 11.6 Å². The molecule has 29 heavy (non-hydrogen) atoms. The summed E-state index contributed by atoms with van der Waals surface area (Å²) >= 11 is 5.91. The minimum absolute atomic E-state index is 0.200. The second kappa shape index (κ2) is 7.81. The summed E-state index contributed by atoms with van der Waals surface area (Å²) in [6.45, 7) is 0. The standard InChI is InChI=1S/C23H17ClN2O3/c1-29-18-12-10-17(11-13-18)26-14-21(19-4-2-3-5-20(19)23(26)28)22(27)25-16-8-6-15(24)7-9-16/h2-14H,1H3,(H,25,27). The van der Waals surface area contributed by atoms with Crippen LogP contribution in [0, 0.1) is 0 Å². The molecule has 5 nitrogen and oxygen atoms in total. The molecule has 1 heterocycles. The van der Waals surface area contributed by atoms with Crippen LogP contribution in [-0.2, 0) is 0 Å². The first-order valence-electron chi connectivity index (χ1n) is 8.92. The summed E-state index contributed by atoms with van der Waals surface area (Å²) in [7, 11) is 1.58. The highest BCUT2D eigenvalue weighted by Crippen LogP contribution is 2.21. The topological polar surface area (TPSA) is 60.3 Å². The van der Waals surface area contributed by atoms with Crippen molar-refractivity contribution in [1.29, 1.82) is 0 Å². The van der Waals surface area contributed by atoms with E-state index < -0.39 is 0 Å². The van der Waals surface area contributed by atoms with Crippen molar-refractivity contribution in [2.75, 3.05) is 12.4 Å². The molecule has 1 N–H and O–H groups in total. The Hall–Kier alpha value is -3.57. The zero-order chi connectivity index (χ0) is 20.4. The number of hydrogen-bond acceptors (Lipinski definition) is 3. The van der Waals surface area contributed by atoms with Crippen molar-refractivity contribution >= 4 is 34.0 Å². The van der Waals surface area contributed by atoms with Crippen LogP contribution in [-0.4, -0.2) is 17.6 Å². The number of ether oxygens (including phenoxy) is 1. The molecular weight excluding hydrogens is 388 g/mol. The minimum atomic E-state index is -0.314. The van der Waals surface area contributed by atoms with Gasteiger partial charge < -0.3 is 10.1 Å². The van der Waals surface area contributed by atoms with E-state index in [1.165, 1.54) is 4.57 Å². The van der Waals surface area contributed by atoms with Crippen molar-refractivity contribution in [3.63, 3.8) is 0 Å². The highest BCUT2D eigenvalue weighted by atomic mass is 35.5. The van der Waals surface area contributed by atoms with Crippen LogP contribution in [0.25, 0.3) is 16.5 Å². The lowest BCUT2D eigenvalue weighted by molar-refractivity contribution is 0.102. The molecule has 0 bridgehead atoms. The third-order valence-electron chi connectivity index (χ3n) is 4.62. The monoisotopic (exact) mass is 404 g/mol. The van der Waals surface area contributed by atoms with Gasteiger partial charge in [-0.15, -0.1) is 0 Å². The number of fused-ring (bicyclic) bond motifs is 1. The van der Waals surface area contributed by atoms with Crippen molar-refractivity contribution in [1.82, 2.24) is 4.57 Å². The van der Waals surface area contributed by atoms with Crippen molar-refractivity contribution in [2.24, 2.45) is 0 Å². The Bertz CT molecular complexity index is 1250. The van der Waals surface area contributed by atoms with E-state index in [1.54, 1.807) is 86.1 Å². The van der Waals surface area contributed by atoms with Gasteiger partial charge in [-0.2, -0.15) is 0 Å². The summed E-state index contributed by atoms with van der Waals surface area (Å²) in [5, 5.41) is 4.50. The normalized spacial score (nSPS) is 10.7. The average molecular weight is 405 g/mol. The molecule has 0 atom stereocenters. The largest absolute Gasteiger partial charge is 0.497 e. The summed E-state index contributed by atoms with van der Waals surface area (Å²) in [6, 6.07) is 21.0. The molecule has 3 aromatic carbocycles. The Labute approximate surface area is 172 Å². The number of carbonyl (C=O) groups excluding carboxylic acids is 1. The molecule has 1 amide bonds. The maximum absolute atomic E-state index is 13.0. The number of carbonyl (C=O) groups is 1. The van der Waals surface area contributed by atoms with Crippen LogP contribution in [0.2, 0.25) is 5.02 Å². The van der Waals surface area contributed by atoms with Crippen LogP contribution in [0.1, 0.15) is 10.4 Å². The predicted octanol–water partition coefficient (Wildman–Crippen LogP) is 4.91. The van der Waals surface area contributed by atoms with Crippen LogP contribution < -0.4 is 15.6 Å². The molecule has 0 aliphatic carbocycles. The zero-order valence-electron chi connectivity index (χ0n) is 15.6. The number of hydrogen-bond donors (Lipinski definition) is 1. The molecule has 0 aliphatic heterocycles. The van der Waals surface area contributed by atoms with Gasteiger partial charge in [0.2, 0.25) is 0 Å². The SMILES string of the molecule is COc1ccc(-n2cc(C(=O)Nc3ccc(Cl)cc3)c3ccccc3c2=O)cc1. The van der Waals surface area contributed by atoms with Gasteiger partial charge in [0.15, 0.2) is 0 Å². The Balaban J connectivity index is 1.84. The lowest BCUT2D eigenvalue weighted by Gasteiger charge is -2.13. The number of rotatable bonds is 4. The molecule has 0 unspecified atom stereocenters. The number of benzene rings is 3. The van der Waals surface area contributed by atoms with E-state index in [9.17, 15) is 9.59 Å². The molecule has 0 saturated heterocycles. The Morgan fingerprint density at radius 2 is 1.59 bits per heavy atom. The lowest BCUT2D eigenvalue weighted by atomic mass is 10.1. The number of halogens is 1. The van der Waals surface area contributed by atoms with Crippen molar-refractivity contribution in [2.45, 2.75) is 0 Å². The lowest BCUT2D eigenvalue weighted by Crippen LogP contribution is -2.22. The van der Waals surface area contributed by atoms with Gasteiger partial charge in [-0.05, 0) is 54.6 Å². The summed E-state index contributed by atoms with van der Waals surface area (Å²) in [5.41, 5.74) is 1.45. The molecule has 4 aromatic rings. The van der Waals surface area contributed by atoms with Gasteiger partial charge in [-0.25, -0.2) is 0 Å². The molecule has 144 valence electrons. The number of nitrogens with one attached hydrogen (secondary N) is 1. The van der Waals surface area contributed by atoms with Gasteiger partial charge in [0, 0.05) is 33.4 Å². The van der Waals surface area contributed by atoms with Gasteiger partial charge >= 0.3 is 0 Å². The number of aromatic nitrogens is 1. The molecule has 6 heteroatoms. The smallest absolute Gasteiger partial charge is 0.262 e. The Morgan fingerprint density at radius 1 is 0.931 bits per heavy atom. The van der Waals surface area contributed by atoms with Crippen LogP contribution in [0.4, 0.5) is 5.69 Å². The fourth-order valence-electron chi connectivity index (χ4n) is 3.14. The van der Waals surface area contributed by atoms with Crippen molar-refractivity contribution in [3.8, 4) is 11.4 Å². The number of pyridine rings is 1.